The molecule has 0 N–H and O–H groups in total. The van der Waals surface area contributed by atoms with Crippen molar-refractivity contribution in [3.8, 4) is 0 Å². The van der Waals surface area contributed by atoms with Crippen LogP contribution in [0.1, 0.15) is 12.5 Å². The Hall–Kier alpha value is -1.67. The normalized spacial score (nSPS) is 11.5. The van der Waals surface area contributed by atoms with Gasteiger partial charge in [-0.1, -0.05) is 58.9 Å². The fourth-order valence-electron chi connectivity index (χ4n) is 1.59. The summed E-state index contributed by atoms with van der Waals surface area (Å²) in [6, 6.07) is 17.0. The van der Waals surface area contributed by atoms with Crippen molar-refractivity contribution in [3.05, 3.63) is 71.2 Å². The van der Waals surface area contributed by atoms with Gasteiger partial charge in [-0.2, -0.15) is 0 Å². The molecule has 2 rings (SSSR count). The molecule has 0 fully saturated rings. The maximum atomic E-state index is 12.8. The lowest BCUT2D eigenvalue weighted by Crippen LogP contribution is -2.14. The highest BCUT2D eigenvalue weighted by molar-refractivity contribution is 6.61. The number of allylic oxidation sites excluding steroid dienone is 1. The summed E-state index contributed by atoms with van der Waals surface area (Å²) >= 11 is 0. The van der Waals surface area contributed by atoms with Crippen LogP contribution in [-0.4, -0.2) is 9.52 Å². The molecule has 0 bridgehead atoms. The van der Waals surface area contributed by atoms with Gasteiger partial charge in [0.25, 0.3) is 0 Å². The van der Waals surface area contributed by atoms with E-state index in [1.165, 1.54) is 22.5 Å². The van der Waals surface area contributed by atoms with Crippen LogP contribution < -0.4 is 5.19 Å². The zero-order valence-electron chi connectivity index (χ0n) is 9.65. The van der Waals surface area contributed by atoms with E-state index >= 15 is 0 Å². The minimum atomic E-state index is -0.190. The minimum absolute atomic E-state index is 0.190. The molecule has 0 saturated carbocycles. The minimum Gasteiger partial charge on any atom is -0.207 e. The number of benzene rings is 2. The smallest absolute Gasteiger partial charge is 0.123 e. The number of rotatable bonds is 3. The lowest BCUT2D eigenvalue weighted by atomic mass is 10.2. The van der Waals surface area contributed by atoms with Gasteiger partial charge in [0, 0.05) is 0 Å². The summed E-state index contributed by atoms with van der Waals surface area (Å²) in [6.07, 6.45) is 2.10. The van der Waals surface area contributed by atoms with Gasteiger partial charge < -0.3 is 0 Å². The summed E-state index contributed by atoms with van der Waals surface area (Å²) < 4.78 is 12.8. The summed E-state index contributed by atoms with van der Waals surface area (Å²) in [5.41, 5.74) is 1.05. The summed E-state index contributed by atoms with van der Waals surface area (Å²) in [4.78, 5) is 0. The van der Waals surface area contributed by atoms with Crippen LogP contribution >= 0.6 is 0 Å². The first-order valence-electron chi connectivity index (χ1n) is 5.50. The third kappa shape index (κ3) is 3.68. The van der Waals surface area contributed by atoms with Crippen LogP contribution in [0.3, 0.4) is 0 Å². The molecule has 0 spiro atoms. The molecule has 0 saturated heterocycles. The fraction of sp³-hybridized carbons (Fsp3) is 0.0667. The zero-order valence-corrected chi connectivity index (χ0v) is 10.7. The summed E-state index contributed by atoms with van der Waals surface area (Å²) in [7, 11) is 0.668. The van der Waals surface area contributed by atoms with Crippen molar-refractivity contribution >= 4 is 20.8 Å². The van der Waals surface area contributed by atoms with Crippen LogP contribution in [0.4, 0.5) is 4.39 Å². The van der Waals surface area contributed by atoms with E-state index in [1.807, 2.05) is 18.2 Å². The number of hydrogen-bond donors (Lipinski definition) is 0. The Morgan fingerprint density at radius 1 is 1.00 bits per heavy atom. The lowest BCUT2D eigenvalue weighted by molar-refractivity contribution is 0.628. The number of halogens is 1. The van der Waals surface area contributed by atoms with Gasteiger partial charge in [-0.15, -0.1) is 0 Å². The van der Waals surface area contributed by atoms with Crippen LogP contribution in [0.5, 0.6) is 0 Å². The first kappa shape index (κ1) is 11.8. The second-order valence-corrected chi connectivity index (χ2v) is 5.49. The maximum absolute atomic E-state index is 12.8. The van der Waals surface area contributed by atoms with E-state index in [9.17, 15) is 4.39 Å². The van der Waals surface area contributed by atoms with Crippen molar-refractivity contribution in [1.82, 2.24) is 0 Å². The average Bonchev–Trinajstić information content (AvgIpc) is 2.33. The predicted octanol–water partition coefficient (Wildman–Crippen LogP) is 3.22. The Bertz CT molecular complexity index is 500. The molecular weight excluding hydrogens is 227 g/mol. The molecule has 0 nitrogen and oxygen atoms in total. The Balaban J connectivity index is 2.09. The van der Waals surface area contributed by atoms with E-state index in [0.717, 1.165) is 5.56 Å². The van der Waals surface area contributed by atoms with Crippen LogP contribution in [0.15, 0.2) is 59.8 Å². The largest absolute Gasteiger partial charge is 0.207 e. The zero-order chi connectivity index (χ0) is 12.1. The van der Waals surface area contributed by atoms with Crippen LogP contribution in [0.2, 0.25) is 0 Å². The molecule has 2 aromatic rings. The molecule has 2 radical (unpaired) electrons. The van der Waals surface area contributed by atoms with E-state index in [1.54, 1.807) is 12.1 Å². The van der Waals surface area contributed by atoms with Gasteiger partial charge in [0.2, 0.25) is 0 Å². The average molecular weight is 240 g/mol. The van der Waals surface area contributed by atoms with Crippen molar-refractivity contribution in [2.75, 3.05) is 0 Å². The summed E-state index contributed by atoms with van der Waals surface area (Å²) in [6.45, 7) is 2.11. The molecule has 0 aliphatic rings. The second kappa shape index (κ2) is 5.59. The Morgan fingerprint density at radius 2 is 1.65 bits per heavy atom. The third-order valence-electron chi connectivity index (χ3n) is 2.37. The van der Waals surface area contributed by atoms with E-state index in [-0.39, 0.29) is 5.82 Å². The van der Waals surface area contributed by atoms with E-state index in [0.29, 0.717) is 9.52 Å². The highest BCUT2D eigenvalue weighted by atomic mass is 28.2. The summed E-state index contributed by atoms with van der Waals surface area (Å²) in [5.74, 6) is -0.190. The van der Waals surface area contributed by atoms with Gasteiger partial charge >= 0.3 is 0 Å². The van der Waals surface area contributed by atoms with Gasteiger partial charge in [0.05, 0.1) is 0 Å². The molecular formula is C15H13FSi. The molecule has 2 heteroatoms. The standard InChI is InChI=1S/C15H13FSi/c1-12(17-15-5-3-2-4-6-15)11-13-7-9-14(16)10-8-13/h2-11H,1H3/b12-11+. The summed E-state index contributed by atoms with van der Waals surface area (Å²) in [5, 5.41) is 2.62. The topological polar surface area (TPSA) is 0 Å². The quantitative estimate of drug-likeness (QED) is 0.723. The highest BCUT2D eigenvalue weighted by Gasteiger charge is 1.97. The SMILES string of the molecule is C/C(=C\c1ccc(F)cc1)[Si]c1ccccc1. The molecule has 84 valence electrons. The molecule has 0 aliphatic heterocycles. The maximum Gasteiger partial charge on any atom is 0.123 e. The van der Waals surface area contributed by atoms with Crippen molar-refractivity contribution in [3.63, 3.8) is 0 Å². The Morgan fingerprint density at radius 3 is 2.29 bits per heavy atom. The van der Waals surface area contributed by atoms with E-state index in [4.69, 9.17) is 0 Å². The third-order valence-corrected chi connectivity index (χ3v) is 3.53. The molecule has 0 aliphatic carbocycles. The Kier molecular flexibility index (Phi) is 3.88. The first-order valence-corrected chi connectivity index (χ1v) is 6.50. The molecule has 0 atom stereocenters. The molecule has 0 aromatic heterocycles. The van der Waals surface area contributed by atoms with Gasteiger partial charge in [0.1, 0.15) is 15.3 Å². The van der Waals surface area contributed by atoms with Crippen molar-refractivity contribution < 1.29 is 4.39 Å². The van der Waals surface area contributed by atoms with E-state index < -0.39 is 0 Å². The van der Waals surface area contributed by atoms with Crippen molar-refractivity contribution in [1.29, 1.82) is 0 Å². The second-order valence-electron chi connectivity index (χ2n) is 3.87. The first-order chi connectivity index (χ1) is 8.24. The van der Waals surface area contributed by atoms with Gasteiger partial charge in [-0.05, 0) is 24.6 Å². The molecule has 0 heterocycles. The molecule has 0 amide bonds. The predicted molar refractivity (Wildman–Crippen MR) is 71.9 cm³/mol. The van der Waals surface area contributed by atoms with Gasteiger partial charge in [0.15, 0.2) is 0 Å². The Labute approximate surface area is 104 Å². The van der Waals surface area contributed by atoms with Crippen LogP contribution in [0, 0.1) is 5.82 Å². The van der Waals surface area contributed by atoms with Crippen molar-refractivity contribution in [2.24, 2.45) is 0 Å². The lowest BCUT2D eigenvalue weighted by Gasteiger charge is -2.01. The van der Waals surface area contributed by atoms with Crippen molar-refractivity contribution in [2.45, 2.75) is 6.92 Å². The molecule has 17 heavy (non-hydrogen) atoms. The van der Waals surface area contributed by atoms with Gasteiger partial charge in [-0.25, -0.2) is 4.39 Å². The molecule has 2 aromatic carbocycles. The number of hydrogen-bond acceptors (Lipinski definition) is 0. The highest BCUT2D eigenvalue weighted by Crippen LogP contribution is 2.07. The van der Waals surface area contributed by atoms with Crippen LogP contribution in [0.25, 0.3) is 6.08 Å². The monoisotopic (exact) mass is 240 g/mol. The van der Waals surface area contributed by atoms with E-state index in [2.05, 4.69) is 25.1 Å². The van der Waals surface area contributed by atoms with Gasteiger partial charge in [-0.3, -0.25) is 0 Å². The van der Waals surface area contributed by atoms with Crippen LogP contribution in [-0.2, 0) is 0 Å². The fourth-order valence-corrected chi connectivity index (χ4v) is 2.65. The molecule has 0 unspecified atom stereocenters.